The first-order chi connectivity index (χ1) is 8.13. The molecule has 2 N–H and O–H groups in total. The van der Waals surface area contributed by atoms with E-state index in [1.165, 1.54) is 12.5 Å². The van der Waals surface area contributed by atoms with Crippen LogP contribution in [0.25, 0.3) is 0 Å². The lowest BCUT2D eigenvalue weighted by atomic mass is 10.2. The summed E-state index contributed by atoms with van der Waals surface area (Å²) in [4.78, 5) is 22.9. The fourth-order valence-corrected chi connectivity index (χ4v) is 1.49. The van der Waals surface area contributed by atoms with Crippen LogP contribution >= 0.6 is 0 Å². The summed E-state index contributed by atoms with van der Waals surface area (Å²) in [5.41, 5.74) is 0.416. The highest BCUT2D eigenvalue weighted by Crippen LogP contribution is 1.98. The van der Waals surface area contributed by atoms with Crippen LogP contribution in [0, 0.1) is 0 Å². The van der Waals surface area contributed by atoms with Crippen molar-refractivity contribution in [2.45, 2.75) is 32.7 Å². The maximum atomic E-state index is 11.5. The van der Waals surface area contributed by atoms with Crippen molar-refractivity contribution in [3.8, 4) is 0 Å². The zero-order valence-corrected chi connectivity index (χ0v) is 10.2. The Kier molecular flexibility index (Phi) is 5.26. The second-order valence-corrected chi connectivity index (χ2v) is 3.95. The number of rotatable bonds is 6. The first kappa shape index (κ1) is 13.3. The van der Waals surface area contributed by atoms with Gasteiger partial charge < -0.3 is 15.1 Å². The monoisotopic (exact) mass is 238 g/mol. The third-order valence-electron chi connectivity index (χ3n) is 2.32. The number of carbonyl (C=O) groups is 2. The van der Waals surface area contributed by atoms with Gasteiger partial charge in [-0.2, -0.15) is 0 Å². The highest BCUT2D eigenvalue weighted by Gasteiger charge is 2.10. The smallest absolute Gasteiger partial charge is 0.254 e. The van der Waals surface area contributed by atoms with Crippen molar-refractivity contribution in [2.24, 2.45) is 0 Å². The average Bonchev–Trinajstić information content (AvgIpc) is 2.79. The molecule has 0 saturated heterocycles. The van der Waals surface area contributed by atoms with Crippen LogP contribution in [0.1, 0.15) is 37.0 Å². The van der Waals surface area contributed by atoms with E-state index in [9.17, 15) is 9.59 Å². The summed E-state index contributed by atoms with van der Waals surface area (Å²) in [6.45, 7) is 3.99. The summed E-state index contributed by atoms with van der Waals surface area (Å²) >= 11 is 0. The average molecular weight is 238 g/mol. The molecule has 94 valence electrons. The number of hydrogen-bond donors (Lipinski definition) is 2. The van der Waals surface area contributed by atoms with Gasteiger partial charge in [0.1, 0.15) is 6.26 Å². The van der Waals surface area contributed by atoms with E-state index in [4.69, 9.17) is 4.42 Å². The molecule has 0 saturated carbocycles. The molecule has 0 aliphatic heterocycles. The molecule has 5 heteroatoms. The van der Waals surface area contributed by atoms with Gasteiger partial charge in [0.05, 0.1) is 18.4 Å². The molecular weight excluding hydrogens is 220 g/mol. The van der Waals surface area contributed by atoms with Gasteiger partial charge in [0, 0.05) is 6.04 Å². The lowest BCUT2D eigenvalue weighted by molar-refractivity contribution is -0.120. The molecule has 1 unspecified atom stereocenters. The highest BCUT2D eigenvalue weighted by molar-refractivity contribution is 5.96. The van der Waals surface area contributed by atoms with Crippen LogP contribution in [-0.4, -0.2) is 24.4 Å². The first-order valence-electron chi connectivity index (χ1n) is 5.73. The van der Waals surface area contributed by atoms with Crippen LogP contribution in [0.2, 0.25) is 0 Å². The minimum absolute atomic E-state index is 0.0158. The molecule has 0 fully saturated rings. The Hall–Kier alpha value is -1.78. The van der Waals surface area contributed by atoms with Gasteiger partial charge in [-0.1, -0.05) is 13.3 Å². The second-order valence-electron chi connectivity index (χ2n) is 3.95. The minimum atomic E-state index is -0.308. The second kappa shape index (κ2) is 6.73. The Balaban J connectivity index is 2.26. The van der Waals surface area contributed by atoms with Gasteiger partial charge >= 0.3 is 0 Å². The molecule has 0 bridgehead atoms. The molecule has 1 atom stereocenters. The van der Waals surface area contributed by atoms with Gasteiger partial charge in [-0.25, -0.2) is 0 Å². The van der Waals surface area contributed by atoms with Crippen molar-refractivity contribution < 1.29 is 14.0 Å². The fraction of sp³-hybridized carbons (Fsp3) is 0.500. The van der Waals surface area contributed by atoms with E-state index < -0.39 is 0 Å². The lowest BCUT2D eigenvalue weighted by Gasteiger charge is -2.12. The number of furan rings is 1. The largest absolute Gasteiger partial charge is 0.472 e. The quantitative estimate of drug-likeness (QED) is 0.785. The van der Waals surface area contributed by atoms with E-state index in [2.05, 4.69) is 17.6 Å². The van der Waals surface area contributed by atoms with Gasteiger partial charge in [0.25, 0.3) is 5.91 Å². The van der Waals surface area contributed by atoms with Crippen LogP contribution in [0.15, 0.2) is 23.0 Å². The molecule has 0 aromatic carbocycles. The third kappa shape index (κ3) is 4.72. The molecule has 1 aromatic rings. The van der Waals surface area contributed by atoms with Gasteiger partial charge in [-0.15, -0.1) is 0 Å². The predicted octanol–water partition coefficient (Wildman–Crippen LogP) is 1.31. The zero-order valence-electron chi connectivity index (χ0n) is 10.2. The van der Waals surface area contributed by atoms with Crippen molar-refractivity contribution in [1.82, 2.24) is 10.6 Å². The maximum absolute atomic E-state index is 11.5. The molecule has 2 amide bonds. The van der Waals surface area contributed by atoms with Crippen molar-refractivity contribution >= 4 is 11.8 Å². The van der Waals surface area contributed by atoms with Crippen LogP contribution < -0.4 is 10.6 Å². The summed E-state index contributed by atoms with van der Waals surface area (Å²) in [5, 5.41) is 5.33. The summed E-state index contributed by atoms with van der Waals surface area (Å²) in [6.07, 6.45) is 4.70. The standard InChI is InChI=1S/C12H18N2O3/c1-3-4-9(2)14-11(15)7-13-12(16)10-5-6-17-8-10/h5-6,8-9H,3-4,7H2,1-2H3,(H,13,16)(H,14,15). The van der Waals surface area contributed by atoms with E-state index in [-0.39, 0.29) is 24.4 Å². The van der Waals surface area contributed by atoms with E-state index >= 15 is 0 Å². The number of amides is 2. The third-order valence-corrected chi connectivity index (χ3v) is 2.32. The van der Waals surface area contributed by atoms with E-state index in [0.717, 1.165) is 12.8 Å². The molecule has 0 radical (unpaired) electrons. The summed E-state index contributed by atoms with van der Waals surface area (Å²) in [7, 11) is 0. The fourth-order valence-electron chi connectivity index (χ4n) is 1.49. The normalized spacial score (nSPS) is 11.9. The molecule has 5 nitrogen and oxygen atoms in total. The predicted molar refractivity (Wildman–Crippen MR) is 63.6 cm³/mol. The molecular formula is C12H18N2O3. The number of nitrogens with one attached hydrogen (secondary N) is 2. The molecule has 0 spiro atoms. The Bertz CT molecular complexity index is 360. The highest BCUT2D eigenvalue weighted by atomic mass is 16.3. The first-order valence-corrected chi connectivity index (χ1v) is 5.73. The van der Waals surface area contributed by atoms with E-state index in [1.807, 2.05) is 6.92 Å². The molecule has 1 heterocycles. The van der Waals surface area contributed by atoms with Crippen LogP contribution in [0.5, 0.6) is 0 Å². The van der Waals surface area contributed by atoms with Gasteiger partial charge in [-0.3, -0.25) is 9.59 Å². The van der Waals surface area contributed by atoms with Gasteiger partial charge in [-0.05, 0) is 19.4 Å². The molecule has 1 rings (SSSR count). The van der Waals surface area contributed by atoms with Crippen molar-refractivity contribution in [3.05, 3.63) is 24.2 Å². The van der Waals surface area contributed by atoms with E-state index in [0.29, 0.717) is 5.56 Å². The molecule has 1 aromatic heterocycles. The van der Waals surface area contributed by atoms with Gasteiger partial charge in [0.15, 0.2) is 0 Å². The van der Waals surface area contributed by atoms with Gasteiger partial charge in [0.2, 0.25) is 5.91 Å². The Morgan fingerprint density at radius 1 is 1.47 bits per heavy atom. The van der Waals surface area contributed by atoms with Crippen LogP contribution in [-0.2, 0) is 4.79 Å². The van der Waals surface area contributed by atoms with Crippen molar-refractivity contribution in [3.63, 3.8) is 0 Å². The lowest BCUT2D eigenvalue weighted by Crippen LogP contribution is -2.40. The molecule has 0 aliphatic carbocycles. The molecule has 0 aliphatic rings. The Morgan fingerprint density at radius 3 is 2.82 bits per heavy atom. The zero-order chi connectivity index (χ0) is 12.7. The number of hydrogen-bond acceptors (Lipinski definition) is 3. The topological polar surface area (TPSA) is 71.3 Å². The van der Waals surface area contributed by atoms with E-state index in [1.54, 1.807) is 6.07 Å². The Labute approximate surface area is 101 Å². The SMILES string of the molecule is CCCC(C)NC(=O)CNC(=O)c1ccoc1. The Morgan fingerprint density at radius 2 is 2.24 bits per heavy atom. The minimum Gasteiger partial charge on any atom is -0.472 e. The summed E-state index contributed by atoms with van der Waals surface area (Å²) in [6, 6.07) is 1.69. The van der Waals surface area contributed by atoms with Crippen LogP contribution in [0.4, 0.5) is 0 Å². The number of carbonyl (C=O) groups excluding carboxylic acids is 2. The summed E-state index contributed by atoms with van der Waals surface area (Å²) < 4.78 is 4.78. The summed E-state index contributed by atoms with van der Waals surface area (Å²) in [5.74, 6) is -0.486. The van der Waals surface area contributed by atoms with Crippen LogP contribution in [0.3, 0.4) is 0 Å². The molecule has 17 heavy (non-hydrogen) atoms. The van der Waals surface area contributed by atoms with Crippen molar-refractivity contribution in [1.29, 1.82) is 0 Å². The van der Waals surface area contributed by atoms with Crippen molar-refractivity contribution in [2.75, 3.05) is 6.54 Å². The maximum Gasteiger partial charge on any atom is 0.254 e.